The van der Waals surface area contributed by atoms with Crippen molar-refractivity contribution in [1.82, 2.24) is 9.97 Å². The molecule has 1 aliphatic rings. The molecule has 4 nitrogen and oxygen atoms in total. The zero-order valence-electron chi connectivity index (χ0n) is 21.6. The van der Waals surface area contributed by atoms with Crippen molar-refractivity contribution in [2.24, 2.45) is 0 Å². The average molecular weight is 655 g/mol. The Bertz CT molecular complexity index is 1240. The maximum atomic E-state index is 6.10. The number of rotatable bonds is 3. The molecular weight excluding hydrogens is 623 g/mol. The standard InChI is InChI=1S/C18H21BNO2.C12H10N.Ir/c1-13-9-10-16(20-12-13)14-7-6-8-15(11-14)19-21-17(2,3)18(4,5)22-19;1-10-7-8-12(13-9-10)11-5-3-2-4-6-11;/h6,8-12H,1-5H3;2-5,7-9H,1H3;/q2*-1;. The second-order valence-electron chi connectivity index (χ2n) is 9.84. The number of aryl methyl sites for hydroxylation is 2. The topological polar surface area (TPSA) is 44.2 Å². The van der Waals surface area contributed by atoms with Crippen molar-refractivity contribution in [3.63, 3.8) is 0 Å². The van der Waals surface area contributed by atoms with E-state index in [9.17, 15) is 0 Å². The van der Waals surface area contributed by atoms with E-state index in [1.165, 1.54) is 5.56 Å². The molecule has 0 aliphatic carbocycles. The third kappa shape index (κ3) is 6.57. The Morgan fingerprint density at radius 3 is 1.75 bits per heavy atom. The van der Waals surface area contributed by atoms with Crippen molar-refractivity contribution in [2.45, 2.75) is 52.7 Å². The minimum Gasteiger partial charge on any atom is -0.400 e. The van der Waals surface area contributed by atoms with E-state index in [4.69, 9.17) is 9.31 Å². The van der Waals surface area contributed by atoms with Crippen LogP contribution in [0.25, 0.3) is 22.5 Å². The largest absolute Gasteiger partial charge is 0.475 e. The first-order chi connectivity index (χ1) is 16.6. The summed E-state index contributed by atoms with van der Waals surface area (Å²) in [4.78, 5) is 8.78. The third-order valence-electron chi connectivity index (χ3n) is 6.43. The Balaban J connectivity index is 0.000000221. The average Bonchev–Trinajstić information content (AvgIpc) is 3.08. The Morgan fingerprint density at radius 2 is 1.25 bits per heavy atom. The molecule has 0 amide bonds. The summed E-state index contributed by atoms with van der Waals surface area (Å²) in [6.45, 7) is 12.3. The van der Waals surface area contributed by atoms with E-state index in [1.54, 1.807) is 0 Å². The predicted molar refractivity (Wildman–Crippen MR) is 142 cm³/mol. The number of hydrogen-bond acceptors (Lipinski definition) is 4. The third-order valence-corrected chi connectivity index (χ3v) is 6.43. The van der Waals surface area contributed by atoms with E-state index in [2.05, 4.69) is 61.9 Å². The molecule has 6 heteroatoms. The van der Waals surface area contributed by atoms with Gasteiger partial charge in [-0.2, -0.15) is 0 Å². The summed E-state index contributed by atoms with van der Waals surface area (Å²) in [5, 5.41) is 0. The van der Waals surface area contributed by atoms with Gasteiger partial charge in [0.1, 0.15) is 0 Å². The Morgan fingerprint density at radius 1 is 0.694 bits per heavy atom. The Hall–Kier alpha value is -2.63. The normalized spacial score (nSPS) is 15.4. The summed E-state index contributed by atoms with van der Waals surface area (Å²) in [6, 6.07) is 28.3. The van der Waals surface area contributed by atoms with Gasteiger partial charge in [-0.25, -0.2) is 0 Å². The monoisotopic (exact) mass is 655 g/mol. The smallest absolute Gasteiger partial charge is 0.400 e. The molecule has 5 rings (SSSR count). The second-order valence-corrected chi connectivity index (χ2v) is 9.84. The van der Waals surface area contributed by atoms with Crippen LogP contribution >= 0.6 is 0 Å². The fraction of sp³-hybridized carbons (Fsp3) is 0.267. The quantitative estimate of drug-likeness (QED) is 0.201. The first-order valence-corrected chi connectivity index (χ1v) is 11.8. The molecule has 1 aliphatic heterocycles. The fourth-order valence-electron chi connectivity index (χ4n) is 3.56. The van der Waals surface area contributed by atoms with Gasteiger partial charge < -0.3 is 19.3 Å². The molecule has 0 spiro atoms. The minimum absolute atomic E-state index is 0. The van der Waals surface area contributed by atoms with Crippen molar-refractivity contribution < 1.29 is 29.4 Å². The number of benzene rings is 2. The number of pyridine rings is 2. The molecule has 3 heterocycles. The molecule has 0 unspecified atom stereocenters. The van der Waals surface area contributed by atoms with Gasteiger partial charge in [0.15, 0.2) is 0 Å². The van der Waals surface area contributed by atoms with Crippen molar-refractivity contribution in [3.8, 4) is 22.5 Å². The van der Waals surface area contributed by atoms with Crippen LogP contribution < -0.4 is 5.46 Å². The van der Waals surface area contributed by atoms with Gasteiger partial charge in [0.25, 0.3) is 0 Å². The second kappa shape index (κ2) is 11.6. The Labute approximate surface area is 229 Å². The maximum absolute atomic E-state index is 6.10. The summed E-state index contributed by atoms with van der Waals surface area (Å²) in [5.74, 6) is 0. The van der Waals surface area contributed by atoms with Gasteiger partial charge in [0, 0.05) is 32.5 Å². The fourth-order valence-corrected chi connectivity index (χ4v) is 3.56. The first-order valence-electron chi connectivity index (χ1n) is 11.8. The molecule has 36 heavy (non-hydrogen) atoms. The number of nitrogens with zero attached hydrogens (tertiary/aromatic N) is 2. The van der Waals surface area contributed by atoms with Crippen LogP contribution in [-0.4, -0.2) is 28.3 Å². The molecule has 1 radical (unpaired) electrons. The number of hydrogen-bond donors (Lipinski definition) is 0. The molecule has 187 valence electrons. The van der Waals surface area contributed by atoms with Gasteiger partial charge in [-0.15, -0.1) is 71.2 Å². The molecule has 0 bridgehead atoms. The molecule has 1 fully saturated rings. The Kier molecular flexibility index (Phi) is 9.02. The number of aromatic nitrogens is 2. The van der Waals surface area contributed by atoms with Crippen molar-refractivity contribution in [1.29, 1.82) is 0 Å². The first kappa shape index (κ1) is 28.0. The summed E-state index contributed by atoms with van der Waals surface area (Å²) in [7, 11) is -0.358. The van der Waals surface area contributed by atoms with Crippen LogP contribution in [0.3, 0.4) is 0 Å². The van der Waals surface area contributed by atoms with Crippen molar-refractivity contribution in [2.75, 3.05) is 0 Å². The van der Waals surface area contributed by atoms with Gasteiger partial charge in [0.05, 0.1) is 11.2 Å². The molecule has 2 aromatic carbocycles. The minimum atomic E-state index is -0.358. The summed E-state index contributed by atoms with van der Waals surface area (Å²) in [6.07, 6.45) is 3.74. The van der Waals surface area contributed by atoms with E-state index in [0.29, 0.717) is 0 Å². The predicted octanol–water partition coefficient (Wildman–Crippen LogP) is 6.01. The SMILES string of the molecule is Cc1ccc(-c2[c-]ccc(B3OC(C)(C)C(C)(C)O3)c2)nc1.Cc1ccc(-c2[c-]cccc2)nc1.[Ir]. The van der Waals surface area contributed by atoms with Gasteiger partial charge >= 0.3 is 7.12 Å². The molecule has 0 saturated carbocycles. The van der Waals surface area contributed by atoms with Crippen LogP contribution in [0.1, 0.15) is 38.8 Å². The molecule has 4 aromatic rings. The summed E-state index contributed by atoms with van der Waals surface area (Å²) in [5.41, 5.74) is 6.53. The van der Waals surface area contributed by atoms with Crippen LogP contribution in [-0.2, 0) is 29.4 Å². The van der Waals surface area contributed by atoms with Gasteiger partial charge in [0.2, 0.25) is 0 Å². The van der Waals surface area contributed by atoms with Crippen LogP contribution in [0, 0.1) is 26.0 Å². The molecule has 0 atom stereocenters. The molecule has 0 N–H and O–H groups in total. The van der Waals surface area contributed by atoms with Crippen LogP contribution in [0.4, 0.5) is 0 Å². The van der Waals surface area contributed by atoms with Crippen molar-refractivity contribution in [3.05, 3.63) is 102 Å². The van der Waals surface area contributed by atoms with Crippen LogP contribution in [0.2, 0.25) is 0 Å². The van der Waals surface area contributed by atoms with E-state index < -0.39 is 0 Å². The summed E-state index contributed by atoms with van der Waals surface area (Å²) >= 11 is 0. The zero-order chi connectivity index (χ0) is 25.1. The van der Waals surface area contributed by atoms with E-state index in [0.717, 1.165) is 33.5 Å². The molecule has 2 aromatic heterocycles. The van der Waals surface area contributed by atoms with Gasteiger partial charge in [-0.05, 0) is 64.1 Å². The van der Waals surface area contributed by atoms with E-state index >= 15 is 0 Å². The van der Waals surface area contributed by atoms with Crippen molar-refractivity contribution >= 4 is 12.6 Å². The van der Waals surface area contributed by atoms with Crippen LogP contribution in [0.15, 0.2) is 79.1 Å². The van der Waals surface area contributed by atoms with Crippen LogP contribution in [0.5, 0.6) is 0 Å². The van der Waals surface area contributed by atoms with Gasteiger partial charge in [-0.1, -0.05) is 24.3 Å². The maximum Gasteiger partial charge on any atom is 0.475 e. The molecule has 1 saturated heterocycles. The zero-order valence-corrected chi connectivity index (χ0v) is 24.0. The van der Waals surface area contributed by atoms with Gasteiger partial charge in [-0.3, -0.25) is 0 Å². The van der Waals surface area contributed by atoms with E-state index in [1.807, 2.05) is 80.8 Å². The van der Waals surface area contributed by atoms with E-state index in [-0.39, 0.29) is 38.4 Å². The summed E-state index contributed by atoms with van der Waals surface area (Å²) < 4.78 is 12.2. The molecular formula is C30H31BIrN2O2-2.